The summed E-state index contributed by atoms with van der Waals surface area (Å²) in [6.45, 7) is 2.18. The first-order valence-electron chi connectivity index (χ1n) is 7.16. The molecule has 0 aliphatic carbocycles. The molecule has 3 N–H and O–H groups in total. The van der Waals surface area contributed by atoms with E-state index in [4.69, 9.17) is 16.7 Å². The molecule has 23 heavy (non-hydrogen) atoms. The Bertz CT molecular complexity index is 885. The zero-order valence-corrected chi connectivity index (χ0v) is 13.3. The zero-order chi connectivity index (χ0) is 16.4. The third-order valence-corrected chi connectivity index (χ3v) is 3.78. The fourth-order valence-electron chi connectivity index (χ4n) is 2.32. The number of halogens is 1. The number of aromatic nitrogens is 4. The van der Waals surface area contributed by atoms with E-state index in [1.807, 2.05) is 24.3 Å². The second-order valence-corrected chi connectivity index (χ2v) is 5.58. The highest BCUT2D eigenvalue weighted by atomic mass is 35.5. The Hall–Kier alpha value is -2.38. The van der Waals surface area contributed by atoms with Crippen molar-refractivity contribution in [3.05, 3.63) is 56.5 Å². The summed E-state index contributed by atoms with van der Waals surface area (Å²) in [7, 11) is 0. The van der Waals surface area contributed by atoms with Crippen LogP contribution in [0.4, 0.5) is 5.95 Å². The van der Waals surface area contributed by atoms with Gasteiger partial charge in [0, 0.05) is 30.2 Å². The molecule has 0 atom stereocenters. The number of rotatable bonds is 5. The molecule has 0 fully saturated rings. The van der Waals surface area contributed by atoms with E-state index in [0.29, 0.717) is 34.6 Å². The minimum Gasteiger partial charge on any atom is -0.396 e. The highest BCUT2D eigenvalue weighted by molar-refractivity contribution is 6.30. The third-order valence-electron chi connectivity index (χ3n) is 3.53. The van der Waals surface area contributed by atoms with Crippen molar-refractivity contribution in [1.29, 1.82) is 0 Å². The number of aliphatic hydroxyl groups excluding tert-OH is 1. The van der Waals surface area contributed by atoms with E-state index in [1.54, 1.807) is 6.92 Å². The molecule has 0 unspecified atom stereocenters. The standard InChI is InChI=1S/C15H16ClN5O2/c1-9-12(6-7-22)13(23)21-15(18-9)19-14(20-21)17-8-10-2-4-11(16)5-3-10/h2-5,22H,6-8H2,1H3,(H2,17,18,19,20). The first kappa shape index (κ1) is 15.5. The highest BCUT2D eigenvalue weighted by Gasteiger charge is 2.12. The Labute approximate surface area is 137 Å². The van der Waals surface area contributed by atoms with E-state index in [-0.39, 0.29) is 18.6 Å². The fourth-order valence-corrected chi connectivity index (χ4v) is 2.45. The summed E-state index contributed by atoms with van der Waals surface area (Å²) < 4.78 is 1.28. The van der Waals surface area contributed by atoms with Crippen molar-refractivity contribution in [2.24, 2.45) is 0 Å². The Morgan fingerprint density at radius 2 is 2.04 bits per heavy atom. The molecule has 0 radical (unpaired) electrons. The van der Waals surface area contributed by atoms with Gasteiger partial charge in [0.2, 0.25) is 5.95 Å². The first-order valence-corrected chi connectivity index (χ1v) is 7.53. The van der Waals surface area contributed by atoms with Gasteiger partial charge in [-0.15, -0.1) is 0 Å². The molecule has 0 saturated carbocycles. The summed E-state index contributed by atoms with van der Waals surface area (Å²) in [5.41, 5.74) is 1.86. The molecule has 0 aliphatic rings. The number of aliphatic hydroxyl groups is 1. The third kappa shape index (κ3) is 3.20. The number of benzene rings is 1. The summed E-state index contributed by atoms with van der Waals surface area (Å²) in [5, 5.41) is 15.7. The maximum absolute atomic E-state index is 12.4. The van der Waals surface area contributed by atoms with Gasteiger partial charge in [-0.05, 0) is 24.6 Å². The van der Waals surface area contributed by atoms with Gasteiger partial charge in [0.05, 0.1) is 5.69 Å². The second-order valence-electron chi connectivity index (χ2n) is 5.14. The van der Waals surface area contributed by atoms with Crippen LogP contribution in [0.3, 0.4) is 0 Å². The summed E-state index contributed by atoms with van der Waals surface area (Å²) in [5.74, 6) is 0.748. The van der Waals surface area contributed by atoms with Gasteiger partial charge in [-0.2, -0.15) is 9.50 Å². The lowest BCUT2D eigenvalue weighted by molar-refractivity contribution is 0.298. The molecule has 1 aromatic carbocycles. The van der Waals surface area contributed by atoms with Crippen molar-refractivity contribution in [2.75, 3.05) is 11.9 Å². The molecule has 2 aromatic heterocycles. The molecule has 3 rings (SSSR count). The minimum absolute atomic E-state index is 0.0976. The Balaban J connectivity index is 1.86. The number of aryl methyl sites for hydroxylation is 1. The monoisotopic (exact) mass is 333 g/mol. The Kier molecular flexibility index (Phi) is 4.31. The van der Waals surface area contributed by atoms with Crippen LogP contribution in [-0.4, -0.2) is 31.3 Å². The molecule has 0 amide bonds. The molecule has 0 aliphatic heterocycles. The van der Waals surface area contributed by atoms with Crippen molar-refractivity contribution >= 4 is 23.3 Å². The molecule has 0 bridgehead atoms. The lowest BCUT2D eigenvalue weighted by Crippen LogP contribution is -2.22. The summed E-state index contributed by atoms with van der Waals surface area (Å²) in [6, 6.07) is 7.44. The number of H-pyrrole nitrogens is 1. The van der Waals surface area contributed by atoms with Crippen LogP contribution >= 0.6 is 11.6 Å². The van der Waals surface area contributed by atoms with Gasteiger partial charge in [-0.25, -0.2) is 4.98 Å². The van der Waals surface area contributed by atoms with Crippen LogP contribution in [0, 0.1) is 6.92 Å². The largest absolute Gasteiger partial charge is 0.396 e. The van der Waals surface area contributed by atoms with E-state index in [9.17, 15) is 4.79 Å². The normalized spacial score (nSPS) is 11.1. The van der Waals surface area contributed by atoms with Crippen LogP contribution in [0.15, 0.2) is 29.1 Å². The van der Waals surface area contributed by atoms with E-state index in [2.05, 4.69) is 20.4 Å². The van der Waals surface area contributed by atoms with Crippen LogP contribution in [-0.2, 0) is 13.0 Å². The molecule has 120 valence electrons. The van der Waals surface area contributed by atoms with Crippen molar-refractivity contribution < 1.29 is 5.11 Å². The number of nitrogens with one attached hydrogen (secondary N) is 2. The van der Waals surface area contributed by atoms with E-state index >= 15 is 0 Å². The van der Waals surface area contributed by atoms with Crippen LogP contribution in [0.5, 0.6) is 0 Å². The average molecular weight is 334 g/mol. The average Bonchev–Trinajstić information content (AvgIpc) is 2.94. The van der Waals surface area contributed by atoms with Gasteiger partial charge < -0.3 is 10.4 Å². The van der Waals surface area contributed by atoms with E-state index in [1.165, 1.54) is 4.52 Å². The van der Waals surface area contributed by atoms with Gasteiger partial charge in [0.1, 0.15) is 0 Å². The molecule has 8 heteroatoms. The van der Waals surface area contributed by atoms with Crippen LogP contribution in [0.1, 0.15) is 16.8 Å². The molecule has 2 heterocycles. The smallest absolute Gasteiger partial charge is 0.277 e. The summed E-state index contributed by atoms with van der Waals surface area (Å²) in [6.07, 6.45) is 0.271. The number of aromatic amines is 1. The predicted molar refractivity (Wildman–Crippen MR) is 87.9 cm³/mol. The van der Waals surface area contributed by atoms with Crippen molar-refractivity contribution in [1.82, 2.24) is 19.6 Å². The van der Waals surface area contributed by atoms with Gasteiger partial charge in [-0.1, -0.05) is 23.7 Å². The first-order chi connectivity index (χ1) is 11.1. The topological polar surface area (TPSA) is 95.3 Å². The summed E-state index contributed by atoms with van der Waals surface area (Å²) in [4.78, 5) is 20.9. The quantitative estimate of drug-likeness (QED) is 0.658. The van der Waals surface area contributed by atoms with Crippen LogP contribution in [0.25, 0.3) is 5.78 Å². The van der Waals surface area contributed by atoms with Crippen LogP contribution in [0.2, 0.25) is 5.02 Å². The SMILES string of the molecule is Cc1nc2nc(NCc3ccc(Cl)cc3)[nH]n2c(=O)c1CCO. The molecule has 0 saturated heterocycles. The number of anilines is 1. The highest BCUT2D eigenvalue weighted by Crippen LogP contribution is 2.11. The van der Waals surface area contributed by atoms with Gasteiger partial charge in [0.15, 0.2) is 0 Å². The van der Waals surface area contributed by atoms with Gasteiger partial charge in [-0.3, -0.25) is 9.89 Å². The number of nitrogens with zero attached hydrogens (tertiary/aromatic N) is 3. The number of hydrogen-bond acceptors (Lipinski definition) is 5. The van der Waals surface area contributed by atoms with E-state index in [0.717, 1.165) is 5.56 Å². The minimum atomic E-state index is -0.242. The Morgan fingerprint density at radius 1 is 1.30 bits per heavy atom. The lowest BCUT2D eigenvalue weighted by atomic mass is 10.2. The van der Waals surface area contributed by atoms with Crippen molar-refractivity contribution in [3.8, 4) is 0 Å². The van der Waals surface area contributed by atoms with Crippen molar-refractivity contribution in [3.63, 3.8) is 0 Å². The molecular formula is C15H16ClN5O2. The second kappa shape index (κ2) is 6.39. The molecule has 3 aromatic rings. The maximum Gasteiger partial charge on any atom is 0.277 e. The fraction of sp³-hybridized carbons (Fsp3) is 0.267. The maximum atomic E-state index is 12.4. The molecule has 7 nitrogen and oxygen atoms in total. The summed E-state index contributed by atoms with van der Waals surface area (Å²) >= 11 is 5.85. The number of fused-ring (bicyclic) bond motifs is 1. The predicted octanol–water partition coefficient (Wildman–Crippen LogP) is 1.53. The lowest BCUT2D eigenvalue weighted by Gasteiger charge is -2.02. The zero-order valence-electron chi connectivity index (χ0n) is 12.5. The van der Waals surface area contributed by atoms with E-state index < -0.39 is 0 Å². The van der Waals surface area contributed by atoms with Crippen molar-refractivity contribution in [2.45, 2.75) is 19.9 Å². The molecule has 0 spiro atoms. The van der Waals surface area contributed by atoms with Gasteiger partial charge in [0.25, 0.3) is 11.3 Å². The van der Waals surface area contributed by atoms with Gasteiger partial charge >= 0.3 is 0 Å². The Morgan fingerprint density at radius 3 is 2.74 bits per heavy atom. The number of hydrogen-bond donors (Lipinski definition) is 3. The molecular weight excluding hydrogens is 318 g/mol. The van der Waals surface area contributed by atoms with Crippen LogP contribution < -0.4 is 10.9 Å².